The van der Waals surface area contributed by atoms with E-state index in [-0.39, 0.29) is 16.3 Å². The van der Waals surface area contributed by atoms with E-state index in [0.717, 1.165) is 7.11 Å². The summed E-state index contributed by atoms with van der Waals surface area (Å²) >= 11 is 5.69. The van der Waals surface area contributed by atoms with Gasteiger partial charge in [0.15, 0.2) is 5.75 Å². The third kappa shape index (κ3) is 4.42. The fraction of sp³-hybridized carbons (Fsp3) is 0.200. The Morgan fingerprint density at radius 1 is 1.42 bits per heavy atom. The lowest BCUT2D eigenvalue weighted by molar-refractivity contribution is -0.134. The summed E-state index contributed by atoms with van der Waals surface area (Å²) in [6.45, 7) is 0. The van der Waals surface area contributed by atoms with Crippen molar-refractivity contribution in [3.8, 4) is 0 Å². The predicted molar refractivity (Wildman–Crippen MR) is 67.8 cm³/mol. The van der Waals surface area contributed by atoms with Gasteiger partial charge in [0.1, 0.15) is 0 Å². The normalized spacial score (nSPS) is 10.8. The number of aliphatic carboxylic acids is 1. The molecule has 0 aliphatic rings. The molecule has 0 heterocycles. The van der Waals surface area contributed by atoms with Crippen LogP contribution in [0.2, 0.25) is 5.02 Å². The van der Waals surface area contributed by atoms with Gasteiger partial charge in [-0.15, -0.1) is 0 Å². The molecular weight excluding hydrogens is 298 g/mol. The van der Waals surface area contributed by atoms with Gasteiger partial charge in [0.2, 0.25) is 10.0 Å². The first kappa shape index (κ1) is 15.3. The van der Waals surface area contributed by atoms with Gasteiger partial charge in [0.05, 0.1) is 18.4 Å². The number of carbonyl (C=O) groups excluding carboxylic acids is 1. The van der Waals surface area contributed by atoms with Gasteiger partial charge in [-0.05, 0) is 18.2 Å². The van der Waals surface area contributed by atoms with Crippen molar-refractivity contribution in [2.45, 2.75) is 0 Å². The molecule has 19 heavy (non-hydrogen) atoms. The minimum Gasteiger partial charge on any atom is -0.480 e. The van der Waals surface area contributed by atoms with Crippen LogP contribution >= 0.6 is 11.6 Å². The SMILES string of the molecule is COC(=O)c1cc(Cl)ccc1NS(=O)(=O)CC(=O)O. The molecule has 0 radical (unpaired) electrons. The Labute approximate surface area is 114 Å². The van der Waals surface area contributed by atoms with Crippen molar-refractivity contribution in [3.05, 3.63) is 28.8 Å². The first-order valence-corrected chi connectivity index (χ1v) is 6.88. The summed E-state index contributed by atoms with van der Waals surface area (Å²) in [6.07, 6.45) is 0. The van der Waals surface area contributed by atoms with Crippen LogP contribution in [0.3, 0.4) is 0 Å². The molecular formula is C10H10ClNO6S. The average Bonchev–Trinajstić information content (AvgIpc) is 2.28. The van der Waals surface area contributed by atoms with Crippen molar-refractivity contribution in [3.63, 3.8) is 0 Å². The lowest BCUT2D eigenvalue weighted by Gasteiger charge is -2.10. The summed E-state index contributed by atoms with van der Waals surface area (Å²) in [5.74, 6) is -3.42. The topological polar surface area (TPSA) is 110 Å². The minimum atomic E-state index is -4.11. The van der Waals surface area contributed by atoms with Crippen LogP contribution in [0.4, 0.5) is 5.69 Å². The van der Waals surface area contributed by atoms with Gasteiger partial charge < -0.3 is 9.84 Å². The molecule has 0 unspecified atom stereocenters. The number of hydrogen-bond donors (Lipinski definition) is 2. The molecule has 1 rings (SSSR count). The van der Waals surface area contributed by atoms with E-state index < -0.39 is 27.7 Å². The van der Waals surface area contributed by atoms with Crippen LogP contribution in [0.15, 0.2) is 18.2 Å². The van der Waals surface area contributed by atoms with E-state index in [1.165, 1.54) is 18.2 Å². The van der Waals surface area contributed by atoms with E-state index in [1.54, 1.807) is 0 Å². The highest BCUT2D eigenvalue weighted by molar-refractivity contribution is 7.93. The maximum absolute atomic E-state index is 11.5. The summed E-state index contributed by atoms with van der Waals surface area (Å²) in [5, 5.41) is 8.67. The number of rotatable bonds is 5. The van der Waals surface area contributed by atoms with Crippen molar-refractivity contribution in [2.24, 2.45) is 0 Å². The lowest BCUT2D eigenvalue weighted by Crippen LogP contribution is -2.23. The average molecular weight is 308 g/mol. The predicted octanol–water partition coefficient (Wildman–Crippen LogP) is 0.953. The molecule has 0 atom stereocenters. The van der Waals surface area contributed by atoms with E-state index in [4.69, 9.17) is 16.7 Å². The second-order valence-corrected chi connectivity index (χ2v) is 5.60. The Bertz CT molecular complexity index is 612. The van der Waals surface area contributed by atoms with Crippen molar-refractivity contribution in [1.82, 2.24) is 0 Å². The summed E-state index contributed by atoms with van der Waals surface area (Å²) in [5.41, 5.74) is -0.207. The number of benzene rings is 1. The number of ether oxygens (including phenoxy) is 1. The van der Waals surface area contributed by atoms with Gasteiger partial charge in [-0.3, -0.25) is 9.52 Å². The van der Waals surface area contributed by atoms with Gasteiger partial charge in [-0.25, -0.2) is 13.2 Å². The molecule has 0 aliphatic carbocycles. The van der Waals surface area contributed by atoms with Crippen LogP contribution in [0.5, 0.6) is 0 Å². The Hall–Kier alpha value is -1.80. The highest BCUT2D eigenvalue weighted by Gasteiger charge is 2.20. The van der Waals surface area contributed by atoms with Gasteiger partial charge in [-0.2, -0.15) is 0 Å². The number of hydrogen-bond acceptors (Lipinski definition) is 5. The molecule has 2 N–H and O–H groups in total. The number of nitrogens with one attached hydrogen (secondary N) is 1. The molecule has 104 valence electrons. The standard InChI is InChI=1S/C10H10ClNO6S/c1-18-10(15)7-4-6(11)2-3-8(7)12-19(16,17)5-9(13)14/h2-4,12H,5H2,1H3,(H,13,14). The lowest BCUT2D eigenvalue weighted by atomic mass is 10.2. The second kappa shape index (κ2) is 5.89. The molecule has 0 bridgehead atoms. The van der Waals surface area contributed by atoms with E-state index in [0.29, 0.717) is 0 Å². The van der Waals surface area contributed by atoms with Crippen molar-refractivity contribution in [1.29, 1.82) is 0 Å². The van der Waals surface area contributed by atoms with Crippen LogP contribution in [0.25, 0.3) is 0 Å². The van der Waals surface area contributed by atoms with Crippen LogP contribution < -0.4 is 4.72 Å². The van der Waals surface area contributed by atoms with Gasteiger partial charge in [0.25, 0.3) is 0 Å². The number of carboxylic acids is 1. The minimum absolute atomic E-state index is 0.0995. The first-order valence-electron chi connectivity index (χ1n) is 4.85. The molecule has 1 aromatic carbocycles. The smallest absolute Gasteiger partial charge is 0.340 e. The fourth-order valence-corrected chi connectivity index (χ4v) is 2.33. The number of halogens is 1. The van der Waals surface area contributed by atoms with Crippen LogP contribution in [0.1, 0.15) is 10.4 Å². The second-order valence-electron chi connectivity index (χ2n) is 3.44. The molecule has 0 aliphatic heterocycles. The third-order valence-electron chi connectivity index (χ3n) is 1.97. The zero-order chi connectivity index (χ0) is 14.6. The number of sulfonamides is 1. The maximum atomic E-state index is 11.5. The molecule has 9 heteroatoms. The molecule has 0 spiro atoms. The van der Waals surface area contributed by atoms with Crippen molar-refractivity contribution < 1.29 is 27.9 Å². The summed E-state index contributed by atoms with van der Waals surface area (Å²) in [7, 11) is -2.99. The largest absolute Gasteiger partial charge is 0.480 e. The van der Waals surface area contributed by atoms with Crippen LogP contribution in [0, 0.1) is 0 Å². The molecule has 0 saturated heterocycles. The fourth-order valence-electron chi connectivity index (χ4n) is 1.25. The highest BCUT2D eigenvalue weighted by Crippen LogP contribution is 2.22. The summed E-state index contributed by atoms with van der Waals surface area (Å²) in [6, 6.07) is 3.81. The van der Waals surface area contributed by atoms with Gasteiger partial charge >= 0.3 is 11.9 Å². The van der Waals surface area contributed by atoms with Crippen LogP contribution in [-0.2, 0) is 19.6 Å². The monoisotopic (exact) mass is 307 g/mol. The maximum Gasteiger partial charge on any atom is 0.340 e. The molecule has 1 aromatic rings. The number of esters is 1. The number of carboxylic acid groups (broad SMARTS) is 1. The summed E-state index contributed by atoms with van der Waals surface area (Å²) in [4.78, 5) is 21.9. The molecule has 0 amide bonds. The Morgan fingerprint density at radius 3 is 2.58 bits per heavy atom. The quantitative estimate of drug-likeness (QED) is 0.784. The zero-order valence-electron chi connectivity index (χ0n) is 9.71. The number of carbonyl (C=O) groups is 2. The van der Waals surface area contributed by atoms with E-state index >= 15 is 0 Å². The molecule has 7 nitrogen and oxygen atoms in total. The van der Waals surface area contributed by atoms with Gasteiger partial charge in [0, 0.05) is 5.02 Å². The van der Waals surface area contributed by atoms with E-state index in [1.807, 2.05) is 4.72 Å². The van der Waals surface area contributed by atoms with Crippen LogP contribution in [-0.4, -0.2) is 38.3 Å². The third-order valence-corrected chi connectivity index (χ3v) is 3.36. The van der Waals surface area contributed by atoms with Gasteiger partial charge in [-0.1, -0.05) is 11.6 Å². The Morgan fingerprint density at radius 2 is 2.05 bits per heavy atom. The zero-order valence-corrected chi connectivity index (χ0v) is 11.3. The van der Waals surface area contributed by atoms with Crippen molar-refractivity contribution in [2.75, 3.05) is 17.6 Å². The van der Waals surface area contributed by atoms with Crippen molar-refractivity contribution >= 4 is 39.3 Å². The van der Waals surface area contributed by atoms with E-state index in [9.17, 15) is 18.0 Å². The molecule has 0 saturated carbocycles. The highest BCUT2D eigenvalue weighted by atomic mass is 35.5. The molecule has 0 fully saturated rings. The first-order chi connectivity index (χ1) is 8.75. The Kier molecular flexibility index (Phi) is 4.73. The number of anilines is 1. The number of methoxy groups -OCH3 is 1. The molecule has 0 aromatic heterocycles. The summed E-state index contributed by atoms with van der Waals surface area (Å²) < 4.78 is 29.4. The van der Waals surface area contributed by atoms with E-state index in [2.05, 4.69) is 4.74 Å². The Balaban J connectivity index is 3.14.